The van der Waals surface area contributed by atoms with E-state index < -0.39 is 23.1 Å². The van der Waals surface area contributed by atoms with Gasteiger partial charge in [0.15, 0.2) is 0 Å². The van der Waals surface area contributed by atoms with Gasteiger partial charge in [-0.05, 0) is 31.1 Å². The molecular formula is C17H16KO4-. The van der Waals surface area contributed by atoms with Crippen molar-refractivity contribution >= 4 is 17.8 Å². The smallest absolute Gasteiger partial charge is 0.526 e. The number of aliphatic hydroxyl groups excluding tert-OH is 1. The topological polar surface area (TPSA) is 63.6 Å². The largest absolute Gasteiger partial charge is 1.00 e. The number of benzene rings is 1. The van der Waals surface area contributed by atoms with E-state index in [0.29, 0.717) is 0 Å². The monoisotopic (exact) mass is 323 g/mol. The molecule has 0 atom stereocenters. The van der Waals surface area contributed by atoms with Gasteiger partial charge < -0.3 is 22.1 Å². The second-order valence-electron chi connectivity index (χ2n) is 4.41. The summed E-state index contributed by atoms with van der Waals surface area (Å²) in [6.07, 6.45) is 5.24. The number of Topliss-reactive ketones (excluding diaryl/α,β-unsaturated/α-hetero) is 1. The maximum Gasteiger partial charge on any atom is 1.00 e. The van der Waals surface area contributed by atoms with Crippen LogP contribution in [0.25, 0.3) is 6.08 Å². The molecule has 4 nitrogen and oxygen atoms in total. The van der Waals surface area contributed by atoms with Crippen LogP contribution in [0.2, 0.25) is 0 Å². The van der Waals surface area contributed by atoms with Gasteiger partial charge >= 0.3 is 51.4 Å². The van der Waals surface area contributed by atoms with Crippen molar-refractivity contribution in [1.82, 2.24) is 0 Å². The average Bonchev–Trinajstić information content (AvgIpc) is 2.35. The van der Waals surface area contributed by atoms with Gasteiger partial charge in [0.1, 0.15) is 0 Å². The number of aliphatic hydroxyl groups is 1. The maximum atomic E-state index is 11.6. The predicted molar refractivity (Wildman–Crippen MR) is 79.8 cm³/mol. The zero-order valence-corrected chi connectivity index (χ0v) is 16.3. The number of allylic oxidation sites excluding steroid dienone is 3. The van der Waals surface area contributed by atoms with Crippen LogP contribution >= 0.6 is 0 Å². The normalized spacial score (nSPS) is 16.4. The quantitative estimate of drug-likeness (QED) is 0.209. The van der Waals surface area contributed by atoms with E-state index in [2.05, 4.69) is 6.08 Å². The fourth-order valence-corrected chi connectivity index (χ4v) is 1.78. The molecule has 0 unspecified atom stereocenters. The molecule has 110 valence electrons. The van der Waals surface area contributed by atoms with Crippen LogP contribution in [0.1, 0.15) is 18.1 Å². The van der Waals surface area contributed by atoms with E-state index in [4.69, 9.17) is 4.74 Å². The molecule has 0 amide bonds. The summed E-state index contributed by atoms with van der Waals surface area (Å²) in [6, 6.07) is 7.57. The fraction of sp³-hybridized carbons (Fsp3) is 0.118. The molecule has 0 saturated carbocycles. The molecule has 22 heavy (non-hydrogen) atoms. The number of cyclic esters (lactones) is 1. The second kappa shape index (κ2) is 9.22. The molecular weight excluding hydrogens is 307 g/mol. The van der Waals surface area contributed by atoms with Crippen LogP contribution in [0.5, 0.6) is 0 Å². The first-order valence-electron chi connectivity index (χ1n) is 6.02. The minimum Gasteiger partial charge on any atom is -0.526 e. The van der Waals surface area contributed by atoms with Crippen molar-refractivity contribution in [1.29, 1.82) is 0 Å². The first kappa shape index (κ1) is 21.0. The third kappa shape index (κ3) is 5.33. The first-order valence-corrected chi connectivity index (χ1v) is 6.02. The Morgan fingerprint density at radius 1 is 1.27 bits per heavy atom. The van der Waals surface area contributed by atoms with E-state index in [-0.39, 0.29) is 64.6 Å². The van der Waals surface area contributed by atoms with Gasteiger partial charge in [0.25, 0.3) is 5.97 Å². The Labute approximate surface area is 173 Å². The van der Waals surface area contributed by atoms with Crippen molar-refractivity contribution in [3.8, 4) is 0 Å². The molecule has 0 aliphatic carbocycles. The summed E-state index contributed by atoms with van der Waals surface area (Å²) in [5.41, 5.74) is 1.52. The van der Waals surface area contributed by atoms with Gasteiger partial charge in [-0.25, -0.2) is 0 Å². The Morgan fingerprint density at radius 3 is 2.55 bits per heavy atom. The van der Waals surface area contributed by atoms with Gasteiger partial charge in [-0.1, -0.05) is 35.9 Å². The van der Waals surface area contributed by atoms with Crippen molar-refractivity contribution in [3.05, 3.63) is 72.1 Å². The van der Waals surface area contributed by atoms with Crippen LogP contribution in [0.3, 0.4) is 0 Å². The molecule has 0 fully saturated rings. The van der Waals surface area contributed by atoms with Crippen molar-refractivity contribution in [3.63, 3.8) is 0 Å². The van der Waals surface area contributed by atoms with Crippen molar-refractivity contribution < 1.29 is 70.8 Å². The minimum atomic E-state index is -0.863. The molecule has 0 bridgehead atoms. The molecule has 1 heterocycles. The van der Waals surface area contributed by atoms with Crippen LogP contribution < -0.4 is 51.4 Å². The number of ketones is 1. The van der Waals surface area contributed by atoms with Crippen molar-refractivity contribution in [2.24, 2.45) is 0 Å². The van der Waals surface area contributed by atoms with Crippen LogP contribution in [-0.4, -0.2) is 16.9 Å². The number of aryl methyl sites for hydroxylation is 1. The molecule has 1 aliphatic rings. The summed E-state index contributed by atoms with van der Waals surface area (Å²) in [7, 11) is 0. The van der Waals surface area contributed by atoms with E-state index >= 15 is 0 Å². The number of carbonyl (C=O) groups is 2. The van der Waals surface area contributed by atoms with Gasteiger partial charge in [0, 0.05) is 11.5 Å². The Balaban J connectivity index is 0.00000220. The molecule has 1 N–H and O–H groups in total. The van der Waals surface area contributed by atoms with E-state index in [1.807, 2.05) is 31.2 Å². The number of hydrogen-bond acceptors (Lipinski definition) is 4. The minimum absolute atomic E-state index is 0. The third-order valence-electron chi connectivity index (χ3n) is 2.70. The van der Waals surface area contributed by atoms with Crippen LogP contribution in [0, 0.1) is 20.4 Å². The molecule has 5 heteroatoms. The van der Waals surface area contributed by atoms with Gasteiger partial charge in [-0.15, -0.1) is 0 Å². The summed E-state index contributed by atoms with van der Waals surface area (Å²) < 4.78 is 4.76. The SMILES string of the molecule is CC1=[C-]C(=O)C(=C(O)/C=C/c2cccc(C)c2)C(=O)O1.[CH3-].[K+]. The molecule has 1 aliphatic heterocycles. The summed E-state index contributed by atoms with van der Waals surface area (Å²) in [6.45, 7) is 3.40. The zero-order chi connectivity index (χ0) is 14.7. The van der Waals surface area contributed by atoms with E-state index in [0.717, 1.165) is 11.1 Å². The van der Waals surface area contributed by atoms with Gasteiger partial charge in [-0.2, -0.15) is 6.08 Å². The summed E-state index contributed by atoms with van der Waals surface area (Å²) >= 11 is 0. The standard InChI is InChI=1S/C16H13O4.CH3.K/c1-10-4-3-5-12(8-10)6-7-13(17)15-14(18)9-11(2)20-16(15)19;;/h3-8,17H,1-2H3;1H3;/q2*-1;+1/b7-6+,15-13?;;. The van der Waals surface area contributed by atoms with Gasteiger partial charge in [0.05, 0.1) is 5.76 Å². The van der Waals surface area contributed by atoms with Crippen LogP contribution in [0.15, 0.2) is 47.4 Å². The molecule has 0 radical (unpaired) electrons. The molecule has 1 aromatic carbocycles. The van der Waals surface area contributed by atoms with Crippen LogP contribution in [0.4, 0.5) is 0 Å². The predicted octanol–water partition coefficient (Wildman–Crippen LogP) is 0.107. The zero-order valence-electron chi connectivity index (χ0n) is 13.1. The number of ether oxygens (including phenoxy) is 1. The summed E-state index contributed by atoms with van der Waals surface area (Å²) in [4.78, 5) is 23.2. The molecule has 0 spiro atoms. The van der Waals surface area contributed by atoms with Crippen molar-refractivity contribution in [2.45, 2.75) is 13.8 Å². The van der Waals surface area contributed by atoms with Crippen molar-refractivity contribution in [2.75, 3.05) is 0 Å². The fourth-order valence-electron chi connectivity index (χ4n) is 1.78. The Kier molecular flexibility index (Phi) is 8.81. The summed E-state index contributed by atoms with van der Waals surface area (Å²) in [5, 5.41) is 9.85. The first-order chi connectivity index (χ1) is 9.47. The van der Waals surface area contributed by atoms with E-state index in [1.54, 1.807) is 6.08 Å². The molecule has 1 aromatic rings. The molecule has 0 aromatic heterocycles. The second-order valence-corrected chi connectivity index (χ2v) is 4.41. The third-order valence-corrected chi connectivity index (χ3v) is 2.70. The van der Waals surface area contributed by atoms with E-state index in [9.17, 15) is 14.7 Å². The van der Waals surface area contributed by atoms with Gasteiger partial charge in [0.2, 0.25) is 0 Å². The number of hydrogen-bond donors (Lipinski definition) is 1. The Morgan fingerprint density at radius 2 is 1.95 bits per heavy atom. The van der Waals surface area contributed by atoms with Crippen LogP contribution in [-0.2, 0) is 14.3 Å². The molecule has 0 saturated heterocycles. The maximum absolute atomic E-state index is 11.6. The molecule has 2 rings (SSSR count). The Hall–Kier alpha value is -0.984. The summed E-state index contributed by atoms with van der Waals surface area (Å²) in [5.74, 6) is -1.87. The number of carbonyl (C=O) groups excluding carboxylic acids is 2. The van der Waals surface area contributed by atoms with E-state index in [1.165, 1.54) is 13.0 Å². The average molecular weight is 323 g/mol. The van der Waals surface area contributed by atoms with Gasteiger partial charge in [-0.3, -0.25) is 4.79 Å². The number of esters is 1. The Bertz CT molecular complexity index is 669. The number of rotatable bonds is 2.